The zero-order chi connectivity index (χ0) is 18.1. The first-order valence-corrected chi connectivity index (χ1v) is 8.62. The third-order valence-electron chi connectivity index (χ3n) is 5.28. The van der Waals surface area contributed by atoms with E-state index in [2.05, 4.69) is 32.0 Å². The second-order valence-corrected chi connectivity index (χ2v) is 7.15. The SMILES string of the molecule is CN1CCC2(CC1)CN(c1ncnnc1Oc1ccc(F)cc1C=O)C2. The van der Waals surface area contributed by atoms with Gasteiger partial charge in [0.1, 0.15) is 17.9 Å². The van der Waals surface area contributed by atoms with Crippen LogP contribution < -0.4 is 9.64 Å². The molecule has 26 heavy (non-hydrogen) atoms. The van der Waals surface area contributed by atoms with Gasteiger partial charge in [-0.05, 0) is 51.2 Å². The van der Waals surface area contributed by atoms with Crippen LogP contribution in [0.2, 0.25) is 0 Å². The van der Waals surface area contributed by atoms with Gasteiger partial charge in [0.2, 0.25) is 0 Å². The smallest absolute Gasteiger partial charge is 0.282 e. The Morgan fingerprint density at radius 2 is 2.04 bits per heavy atom. The molecule has 1 aromatic heterocycles. The number of hydrogen-bond acceptors (Lipinski definition) is 7. The Morgan fingerprint density at radius 3 is 2.77 bits per heavy atom. The molecule has 0 N–H and O–H groups in total. The molecular formula is C18H20FN5O2. The largest absolute Gasteiger partial charge is 0.434 e. The van der Waals surface area contributed by atoms with Crippen molar-refractivity contribution < 1.29 is 13.9 Å². The molecule has 2 aliphatic heterocycles. The molecule has 8 heteroatoms. The normalized spacial score (nSPS) is 19.2. The number of anilines is 1. The average molecular weight is 357 g/mol. The lowest BCUT2D eigenvalue weighted by Gasteiger charge is -2.54. The second kappa shape index (κ2) is 6.60. The van der Waals surface area contributed by atoms with E-state index in [9.17, 15) is 9.18 Å². The van der Waals surface area contributed by atoms with Gasteiger partial charge in [0.25, 0.3) is 5.88 Å². The summed E-state index contributed by atoms with van der Waals surface area (Å²) >= 11 is 0. The topological polar surface area (TPSA) is 71.5 Å². The molecule has 0 bridgehead atoms. The van der Waals surface area contributed by atoms with Crippen LogP contribution in [-0.2, 0) is 0 Å². The van der Waals surface area contributed by atoms with E-state index in [1.807, 2.05) is 0 Å². The Labute approximate surface area is 150 Å². The van der Waals surface area contributed by atoms with E-state index in [1.54, 1.807) is 0 Å². The molecule has 1 spiro atoms. The van der Waals surface area contributed by atoms with Gasteiger partial charge in [0, 0.05) is 18.5 Å². The highest BCUT2D eigenvalue weighted by Gasteiger charge is 2.45. The van der Waals surface area contributed by atoms with E-state index in [0.717, 1.165) is 32.2 Å². The Morgan fingerprint density at radius 1 is 1.27 bits per heavy atom. The zero-order valence-corrected chi connectivity index (χ0v) is 14.6. The lowest BCUT2D eigenvalue weighted by Crippen LogP contribution is -2.60. The van der Waals surface area contributed by atoms with Gasteiger partial charge in [-0.15, -0.1) is 10.2 Å². The molecule has 0 saturated carbocycles. The highest BCUT2D eigenvalue weighted by Crippen LogP contribution is 2.44. The van der Waals surface area contributed by atoms with Crippen LogP contribution in [0.3, 0.4) is 0 Å². The van der Waals surface area contributed by atoms with Crippen LogP contribution in [0.15, 0.2) is 24.5 Å². The monoisotopic (exact) mass is 357 g/mol. The van der Waals surface area contributed by atoms with Crippen LogP contribution in [0.5, 0.6) is 11.6 Å². The first-order chi connectivity index (χ1) is 12.6. The van der Waals surface area contributed by atoms with Gasteiger partial charge in [0.05, 0.1) is 5.56 Å². The Bertz CT molecular complexity index is 815. The predicted octanol–water partition coefficient (Wildman–Crippen LogP) is 2.15. The first kappa shape index (κ1) is 16.8. The molecule has 0 amide bonds. The summed E-state index contributed by atoms with van der Waals surface area (Å²) < 4.78 is 19.1. The number of aromatic nitrogens is 3. The lowest BCUT2D eigenvalue weighted by molar-refractivity contribution is 0.0896. The van der Waals surface area contributed by atoms with Crippen LogP contribution in [0, 0.1) is 11.2 Å². The molecule has 2 aliphatic rings. The van der Waals surface area contributed by atoms with Crippen LogP contribution in [0.1, 0.15) is 23.2 Å². The summed E-state index contributed by atoms with van der Waals surface area (Å²) in [5, 5.41) is 7.81. The number of likely N-dealkylation sites (tertiary alicyclic amines) is 1. The van der Waals surface area contributed by atoms with E-state index < -0.39 is 5.82 Å². The molecular weight excluding hydrogens is 337 g/mol. The van der Waals surface area contributed by atoms with Gasteiger partial charge in [-0.2, -0.15) is 0 Å². The molecule has 4 rings (SSSR count). The third kappa shape index (κ3) is 3.12. The number of benzene rings is 1. The molecule has 2 aromatic rings. The summed E-state index contributed by atoms with van der Waals surface area (Å²) in [4.78, 5) is 20.0. The maximum atomic E-state index is 13.3. The van der Waals surface area contributed by atoms with Gasteiger partial charge in [-0.3, -0.25) is 4.79 Å². The number of carbonyl (C=O) groups is 1. The summed E-state index contributed by atoms with van der Waals surface area (Å²) in [7, 11) is 2.15. The third-order valence-corrected chi connectivity index (χ3v) is 5.28. The number of rotatable bonds is 4. The van der Waals surface area contributed by atoms with Gasteiger partial charge >= 0.3 is 0 Å². The average Bonchev–Trinajstić information content (AvgIpc) is 2.63. The van der Waals surface area contributed by atoms with Gasteiger partial charge < -0.3 is 14.5 Å². The maximum absolute atomic E-state index is 13.3. The summed E-state index contributed by atoms with van der Waals surface area (Å²) in [5.41, 5.74) is 0.454. The number of hydrogen-bond donors (Lipinski definition) is 0. The summed E-state index contributed by atoms with van der Waals surface area (Å²) in [6.07, 6.45) is 4.27. The van der Waals surface area contributed by atoms with Crippen molar-refractivity contribution in [3.63, 3.8) is 0 Å². The molecule has 2 fully saturated rings. The molecule has 0 atom stereocenters. The molecule has 2 saturated heterocycles. The van der Waals surface area contributed by atoms with E-state index in [4.69, 9.17) is 4.74 Å². The fraction of sp³-hybridized carbons (Fsp3) is 0.444. The molecule has 0 aliphatic carbocycles. The molecule has 1 aromatic carbocycles. The van der Waals surface area contributed by atoms with Crippen LogP contribution in [0.25, 0.3) is 0 Å². The minimum absolute atomic E-state index is 0.122. The number of aldehydes is 1. The molecule has 3 heterocycles. The number of piperidine rings is 1. The van der Waals surface area contributed by atoms with Crippen LogP contribution >= 0.6 is 0 Å². The van der Waals surface area contributed by atoms with E-state index in [0.29, 0.717) is 17.5 Å². The fourth-order valence-corrected chi connectivity index (χ4v) is 3.67. The summed E-state index contributed by atoms with van der Waals surface area (Å²) in [6, 6.07) is 3.78. The van der Waals surface area contributed by atoms with Gasteiger partial charge in [-0.25, -0.2) is 9.37 Å². The molecule has 136 valence electrons. The van der Waals surface area contributed by atoms with Crippen molar-refractivity contribution in [2.75, 3.05) is 38.1 Å². The molecule has 0 unspecified atom stereocenters. The van der Waals surface area contributed by atoms with Crippen molar-refractivity contribution in [1.29, 1.82) is 0 Å². The van der Waals surface area contributed by atoms with Gasteiger partial charge in [0.15, 0.2) is 12.1 Å². The van der Waals surface area contributed by atoms with Crippen molar-refractivity contribution in [3.8, 4) is 11.6 Å². The number of ether oxygens (including phenoxy) is 1. The number of halogens is 1. The zero-order valence-electron chi connectivity index (χ0n) is 14.6. The van der Waals surface area contributed by atoms with E-state index in [1.165, 1.54) is 31.3 Å². The second-order valence-electron chi connectivity index (χ2n) is 7.15. The van der Waals surface area contributed by atoms with Gasteiger partial charge in [-0.1, -0.05) is 0 Å². The van der Waals surface area contributed by atoms with Crippen LogP contribution in [0.4, 0.5) is 10.2 Å². The Hall–Kier alpha value is -2.61. The number of nitrogens with zero attached hydrogens (tertiary/aromatic N) is 5. The minimum Gasteiger partial charge on any atom is -0.434 e. The Kier molecular flexibility index (Phi) is 4.28. The lowest BCUT2D eigenvalue weighted by atomic mass is 9.72. The maximum Gasteiger partial charge on any atom is 0.282 e. The van der Waals surface area contributed by atoms with Crippen molar-refractivity contribution in [3.05, 3.63) is 35.9 Å². The summed E-state index contributed by atoms with van der Waals surface area (Å²) in [6.45, 7) is 4.02. The quantitative estimate of drug-likeness (QED) is 0.777. The molecule has 7 nitrogen and oxygen atoms in total. The van der Waals surface area contributed by atoms with Crippen LogP contribution in [-0.4, -0.2) is 59.6 Å². The van der Waals surface area contributed by atoms with Crippen molar-refractivity contribution in [2.24, 2.45) is 5.41 Å². The standard InChI is InChI=1S/C18H20FN5O2/c1-23-6-4-18(5-7-23)10-24(11-18)16-17(22-21-12-20-16)26-15-3-2-14(19)8-13(15)9-25/h2-3,8-9,12H,4-7,10-11H2,1H3. The van der Waals surface area contributed by atoms with E-state index in [-0.39, 0.29) is 17.2 Å². The molecule has 0 radical (unpaired) electrons. The Balaban J connectivity index is 1.53. The highest BCUT2D eigenvalue weighted by atomic mass is 19.1. The van der Waals surface area contributed by atoms with Crippen molar-refractivity contribution >= 4 is 12.1 Å². The fourth-order valence-electron chi connectivity index (χ4n) is 3.67. The minimum atomic E-state index is -0.496. The predicted molar refractivity (Wildman–Crippen MR) is 93.1 cm³/mol. The van der Waals surface area contributed by atoms with E-state index >= 15 is 0 Å². The summed E-state index contributed by atoms with van der Waals surface area (Å²) in [5.74, 6) is 0.569. The number of carbonyl (C=O) groups excluding carboxylic acids is 1. The van der Waals surface area contributed by atoms with Crippen molar-refractivity contribution in [1.82, 2.24) is 20.1 Å². The highest BCUT2D eigenvalue weighted by molar-refractivity contribution is 5.79. The first-order valence-electron chi connectivity index (χ1n) is 8.62. The van der Waals surface area contributed by atoms with Crippen molar-refractivity contribution in [2.45, 2.75) is 12.8 Å².